The Bertz CT molecular complexity index is 340. The van der Waals surface area contributed by atoms with Gasteiger partial charge in [0.15, 0.2) is 6.10 Å². The highest BCUT2D eigenvalue weighted by atomic mass is 16.6. The molecule has 1 aliphatic rings. The predicted molar refractivity (Wildman–Crippen MR) is 67.6 cm³/mol. The van der Waals surface area contributed by atoms with E-state index in [1.54, 1.807) is 20.8 Å². The number of piperazine rings is 1. The highest BCUT2D eigenvalue weighted by molar-refractivity contribution is 5.77. The normalized spacial score (nSPS) is 21.7. The van der Waals surface area contributed by atoms with Crippen LogP contribution in [0.15, 0.2) is 0 Å². The summed E-state index contributed by atoms with van der Waals surface area (Å²) in [5.41, 5.74) is -0.622. The van der Waals surface area contributed by atoms with Gasteiger partial charge in [-0.1, -0.05) is 0 Å². The monoisotopic (exact) mass is 274 g/mol. The summed E-state index contributed by atoms with van der Waals surface area (Å²) in [6.45, 7) is 6.56. The molecule has 1 amide bonds. The molecular formula is C12H22N2O5. The number of aliphatic hydroxyl groups excluding tert-OH is 1. The quantitative estimate of drug-likeness (QED) is 0.674. The summed E-state index contributed by atoms with van der Waals surface area (Å²) in [5.74, 6) is -0.762. The molecular weight excluding hydrogens is 252 g/mol. The summed E-state index contributed by atoms with van der Waals surface area (Å²) in [4.78, 5) is 24.8. The number of aliphatic hydroxyl groups is 1. The molecule has 0 radical (unpaired) electrons. The van der Waals surface area contributed by atoms with Crippen molar-refractivity contribution < 1.29 is 24.2 Å². The van der Waals surface area contributed by atoms with Crippen LogP contribution in [0.1, 0.15) is 20.8 Å². The lowest BCUT2D eigenvalue weighted by Gasteiger charge is -2.38. The highest BCUT2D eigenvalue weighted by Gasteiger charge is 2.38. The van der Waals surface area contributed by atoms with E-state index in [4.69, 9.17) is 4.74 Å². The second-order valence-corrected chi connectivity index (χ2v) is 5.41. The number of methoxy groups -OCH3 is 1. The van der Waals surface area contributed by atoms with E-state index in [2.05, 4.69) is 10.1 Å². The average molecular weight is 274 g/mol. The Balaban J connectivity index is 2.77. The molecule has 19 heavy (non-hydrogen) atoms. The topological polar surface area (TPSA) is 88.1 Å². The number of nitrogens with one attached hydrogen (secondary N) is 1. The Morgan fingerprint density at radius 1 is 1.42 bits per heavy atom. The van der Waals surface area contributed by atoms with Gasteiger partial charge in [-0.15, -0.1) is 0 Å². The maximum Gasteiger partial charge on any atom is 0.410 e. The molecule has 0 bridgehead atoms. The third-order valence-electron chi connectivity index (χ3n) is 2.72. The molecule has 1 heterocycles. The van der Waals surface area contributed by atoms with Gasteiger partial charge in [-0.2, -0.15) is 0 Å². The summed E-state index contributed by atoms with van der Waals surface area (Å²) >= 11 is 0. The SMILES string of the molecule is COC(=O)C(O)C1CNCCN1C(=O)OC(C)(C)C. The lowest BCUT2D eigenvalue weighted by molar-refractivity contribution is -0.154. The molecule has 7 nitrogen and oxygen atoms in total. The van der Waals surface area contributed by atoms with Crippen LogP contribution in [0.3, 0.4) is 0 Å². The van der Waals surface area contributed by atoms with Crippen molar-refractivity contribution in [2.24, 2.45) is 0 Å². The minimum atomic E-state index is -1.38. The number of amides is 1. The van der Waals surface area contributed by atoms with Gasteiger partial charge in [0.05, 0.1) is 13.2 Å². The summed E-state index contributed by atoms with van der Waals surface area (Å²) in [6.07, 6.45) is -1.92. The maximum absolute atomic E-state index is 12.1. The van der Waals surface area contributed by atoms with Gasteiger partial charge in [0.25, 0.3) is 0 Å². The first-order valence-electron chi connectivity index (χ1n) is 6.22. The number of carbonyl (C=O) groups is 2. The van der Waals surface area contributed by atoms with Crippen LogP contribution >= 0.6 is 0 Å². The molecule has 1 saturated heterocycles. The number of carbonyl (C=O) groups excluding carboxylic acids is 2. The molecule has 0 aromatic heterocycles. The van der Waals surface area contributed by atoms with Crippen LogP contribution in [0.4, 0.5) is 4.79 Å². The summed E-state index contributed by atoms with van der Waals surface area (Å²) in [7, 11) is 1.19. The molecule has 0 aromatic rings. The zero-order valence-electron chi connectivity index (χ0n) is 11.8. The van der Waals surface area contributed by atoms with E-state index in [9.17, 15) is 14.7 Å². The Hall–Kier alpha value is -1.34. The summed E-state index contributed by atoms with van der Waals surface area (Å²) < 4.78 is 9.77. The molecule has 0 aliphatic carbocycles. The van der Waals surface area contributed by atoms with Gasteiger partial charge in [-0.05, 0) is 20.8 Å². The first-order chi connectivity index (χ1) is 8.76. The molecule has 2 N–H and O–H groups in total. The number of nitrogens with zero attached hydrogens (tertiary/aromatic N) is 1. The van der Waals surface area contributed by atoms with Crippen LogP contribution in [0.5, 0.6) is 0 Å². The van der Waals surface area contributed by atoms with Gasteiger partial charge in [0.1, 0.15) is 5.60 Å². The Labute approximate surface area is 112 Å². The molecule has 2 unspecified atom stereocenters. The van der Waals surface area contributed by atoms with Gasteiger partial charge >= 0.3 is 12.1 Å². The van der Waals surface area contributed by atoms with Gasteiger partial charge < -0.3 is 19.9 Å². The molecule has 1 aliphatic heterocycles. The van der Waals surface area contributed by atoms with E-state index in [-0.39, 0.29) is 0 Å². The number of hydrogen-bond acceptors (Lipinski definition) is 6. The van der Waals surface area contributed by atoms with E-state index >= 15 is 0 Å². The molecule has 1 rings (SSSR count). The maximum atomic E-state index is 12.1. The van der Waals surface area contributed by atoms with Crippen molar-refractivity contribution in [3.63, 3.8) is 0 Å². The van der Waals surface area contributed by atoms with Crippen molar-refractivity contribution in [2.45, 2.75) is 38.5 Å². The lowest BCUT2D eigenvalue weighted by Crippen LogP contribution is -2.60. The van der Waals surface area contributed by atoms with Crippen molar-refractivity contribution in [1.29, 1.82) is 0 Å². The van der Waals surface area contributed by atoms with Crippen molar-refractivity contribution in [1.82, 2.24) is 10.2 Å². The molecule has 0 spiro atoms. The Morgan fingerprint density at radius 3 is 2.58 bits per heavy atom. The smallest absolute Gasteiger partial charge is 0.410 e. The molecule has 1 fully saturated rings. The summed E-state index contributed by atoms with van der Waals surface area (Å²) in [6, 6.07) is -0.684. The molecule has 110 valence electrons. The van der Waals surface area contributed by atoms with Gasteiger partial charge in [-0.25, -0.2) is 9.59 Å². The van der Waals surface area contributed by atoms with Crippen LogP contribution < -0.4 is 5.32 Å². The Kier molecular flexibility index (Phi) is 5.13. The number of rotatable bonds is 2. The standard InChI is InChI=1S/C12H22N2O5/c1-12(2,3)19-11(17)14-6-5-13-7-8(14)9(15)10(16)18-4/h8-9,13,15H,5-7H2,1-4H3. The number of ether oxygens (including phenoxy) is 2. The second-order valence-electron chi connectivity index (χ2n) is 5.41. The third kappa shape index (κ3) is 4.36. The first kappa shape index (κ1) is 15.7. The fourth-order valence-electron chi connectivity index (χ4n) is 1.83. The van der Waals surface area contributed by atoms with E-state index in [1.807, 2.05) is 0 Å². The predicted octanol–water partition coefficient (Wildman–Crippen LogP) is -0.271. The fourth-order valence-corrected chi connectivity index (χ4v) is 1.83. The fraction of sp³-hybridized carbons (Fsp3) is 0.833. The van der Waals surface area contributed by atoms with E-state index in [1.165, 1.54) is 12.0 Å². The van der Waals surface area contributed by atoms with Gasteiger partial charge in [-0.3, -0.25) is 4.90 Å². The van der Waals surface area contributed by atoms with E-state index in [0.717, 1.165) is 0 Å². The van der Waals surface area contributed by atoms with Gasteiger partial charge in [0, 0.05) is 19.6 Å². The van der Waals surface area contributed by atoms with Crippen LogP contribution in [-0.4, -0.2) is 66.6 Å². The third-order valence-corrected chi connectivity index (χ3v) is 2.72. The molecule has 7 heteroatoms. The first-order valence-corrected chi connectivity index (χ1v) is 6.22. The minimum absolute atomic E-state index is 0.315. The van der Waals surface area contributed by atoms with Crippen molar-refractivity contribution >= 4 is 12.1 Å². The van der Waals surface area contributed by atoms with Crippen molar-refractivity contribution in [3.05, 3.63) is 0 Å². The number of hydrogen-bond donors (Lipinski definition) is 2. The van der Waals surface area contributed by atoms with Crippen LogP contribution in [-0.2, 0) is 14.3 Å². The second kappa shape index (κ2) is 6.21. The Morgan fingerprint density at radius 2 is 2.05 bits per heavy atom. The van der Waals surface area contributed by atoms with Crippen molar-refractivity contribution in [2.75, 3.05) is 26.7 Å². The average Bonchev–Trinajstić information content (AvgIpc) is 2.35. The lowest BCUT2D eigenvalue weighted by atomic mass is 10.1. The van der Waals surface area contributed by atoms with Crippen LogP contribution in [0, 0.1) is 0 Å². The van der Waals surface area contributed by atoms with Gasteiger partial charge in [0.2, 0.25) is 0 Å². The highest BCUT2D eigenvalue weighted by Crippen LogP contribution is 2.15. The molecule has 0 aromatic carbocycles. The van der Waals surface area contributed by atoms with Crippen molar-refractivity contribution in [3.8, 4) is 0 Å². The van der Waals surface area contributed by atoms with E-state index < -0.39 is 29.8 Å². The number of esters is 1. The van der Waals surface area contributed by atoms with Crippen LogP contribution in [0.2, 0.25) is 0 Å². The zero-order valence-corrected chi connectivity index (χ0v) is 11.8. The molecule has 2 atom stereocenters. The molecule has 0 saturated carbocycles. The zero-order chi connectivity index (χ0) is 14.6. The van der Waals surface area contributed by atoms with E-state index in [0.29, 0.717) is 19.6 Å². The van der Waals surface area contributed by atoms with Crippen LogP contribution in [0.25, 0.3) is 0 Å². The minimum Gasteiger partial charge on any atom is -0.467 e. The summed E-state index contributed by atoms with van der Waals surface area (Å²) in [5, 5.41) is 12.9. The largest absolute Gasteiger partial charge is 0.467 e.